The summed E-state index contributed by atoms with van der Waals surface area (Å²) in [4.78, 5) is 28.9. The Morgan fingerprint density at radius 1 is 0.977 bits per heavy atom. The number of Topliss-reactive ketones (excluding diaryl/α,β-unsaturated/α-hetero) is 1. The van der Waals surface area contributed by atoms with Crippen LogP contribution in [0.3, 0.4) is 0 Å². The van der Waals surface area contributed by atoms with Crippen LogP contribution in [0, 0.1) is 11.3 Å². The lowest BCUT2D eigenvalue weighted by molar-refractivity contribution is -0.136. The van der Waals surface area contributed by atoms with E-state index in [0.29, 0.717) is 43.8 Å². The van der Waals surface area contributed by atoms with Gasteiger partial charge in [-0.15, -0.1) is 0 Å². The highest BCUT2D eigenvalue weighted by atomic mass is 16.3. The predicted molar refractivity (Wildman–Crippen MR) is 167 cm³/mol. The molecule has 1 unspecified atom stereocenters. The van der Waals surface area contributed by atoms with Crippen LogP contribution in [0.25, 0.3) is 11.1 Å². The Morgan fingerprint density at radius 2 is 1.72 bits per heavy atom. The maximum Gasteiger partial charge on any atom is 0.255 e. The van der Waals surface area contributed by atoms with E-state index in [9.17, 15) is 19.8 Å². The SMILES string of the molecule is C[C@@H]1N(CC2CC2)CC12Cc1ccc(C(=O)NCCc3ccc(-c4ccccc4)cc3)c(O)c1[C@]1(CC(=O)CC[C@@H]1O)C2. The fraction of sp³-hybridized carbons (Fsp3) is 0.459. The number of nitrogens with one attached hydrogen (secondary N) is 1. The van der Waals surface area contributed by atoms with Crippen molar-refractivity contribution in [2.45, 2.75) is 75.9 Å². The lowest BCUT2D eigenvalue weighted by Gasteiger charge is -2.63. The number of carbonyl (C=O) groups excluding carboxylic acids is 2. The Hall–Kier alpha value is -3.48. The van der Waals surface area contributed by atoms with Gasteiger partial charge in [0, 0.05) is 54.9 Å². The minimum Gasteiger partial charge on any atom is -0.507 e. The summed E-state index contributed by atoms with van der Waals surface area (Å²) in [6.07, 6.45) is 5.01. The van der Waals surface area contributed by atoms with Crippen molar-refractivity contribution in [3.8, 4) is 16.9 Å². The molecule has 3 N–H and O–H groups in total. The van der Waals surface area contributed by atoms with Gasteiger partial charge in [0.05, 0.1) is 11.7 Å². The van der Waals surface area contributed by atoms with Crippen LogP contribution < -0.4 is 5.32 Å². The van der Waals surface area contributed by atoms with E-state index in [1.807, 2.05) is 24.3 Å². The number of aromatic hydroxyl groups is 1. The number of amides is 1. The zero-order valence-corrected chi connectivity index (χ0v) is 25.0. The van der Waals surface area contributed by atoms with E-state index in [-0.39, 0.29) is 34.8 Å². The summed E-state index contributed by atoms with van der Waals surface area (Å²) in [6.45, 7) is 4.82. The molecule has 1 heterocycles. The number of nitrogens with zero attached hydrogens (tertiary/aromatic N) is 1. The average molecular weight is 579 g/mol. The van der Waals surface area contributed by atoms with Crippen molar-refractivity contribution in [1.29, 1.82) is 0 Å². The summed E-state index contributed by atoms with van der Waals surface area (Å²) in [6, 6.07) is 22.6. The number of fused-ring (bicyclic) bond motifs is 2. The Kier molecular flexibility index (Phi) is 7.18. The van der Waals surface area contributed by atoms with Crippen molar-refractivity contribution in [2.24, 2.45) is 11.3 Å². The first kappa shape index (κ1) is 28.3. The molecular weight excluding hydrogens is 536 g/mol. The number of likely N-dealkylation sites (tertiary alicyclic amines) is 1. The zero-order chi connectivity index (χ0) is 29.8. The first-order valence-electron chi connectivity index (χ1n) is 16.0. The zero-order valence-electron chi connectivity index (χ0n) is 25.0. The Balaban J connectivity index is 1.10. The number of hydrogen-bond acceptors (Lipinski definition) is 5. The number of phenolic OH excluding ortho intramolecular Hbond substituents is 1. The van der Waals surface area contributed by atoms with Crippen LogP contribution in [0.1, 0.15) is 72.5 Å². The molecule has 2 spiro atoms. The van der Waals surface area contributed by atoms with Crippen LogP contribution in [-0.2, 0) is 23.1 Å². The highest BCUT2D eigenvalue weighted by molar-refractivity contribution is 5.98. The van der Waals surface area contributed by atoms with Gasteiger partial charge in [-0.05, 0) is 79.7 Å². The molecule has 3 aliphatic carbocycles. The molecule has 1 amide bonds. The van der Waals surface area contributed by atoms with E-state index >= 15 is 0 Å². The van der Waals surface area contributed by atoms with E-state index in [1.54, 1.807) is 6.07 Å². The third-order valence-corrected chi connectivity index (χ3v) is 11.0. The molecular formula is C37H42N2O4. The van der Waals surface area contributed by atoms with E-state index in [0.717, 1.165) is 42.1 Å². The molecule has 6 heteroatoms. The molecule has 3 aromatic carbocycles. The van der Waals surface area contributed by atoms with E-state index in [1.165, 1.54) is 18.4 Å². The second kappa shape index (κ2) is 10.9. The van der Waals surface area contributed by atoms with Crippen molar-refractivity contribution < 1.29 is 19.8 Å². The molecule has 43 heavy (non-hydrogen) atoms. The van der Waals surface area contributed by atoms with Crippen molar-refractivity contribution >= 4 is 11.7 Å². The van der Waals surface area contributed by atoms with Crippen molar-refractivity contribution in [1.82, 2.24) is 10.2 Å². The van der Waals surface area contributed by atoms with Gasteiger partial charge < -0.3 is 15.5 Å². The number of phenols is 1. The number of rotatable bonds is 7. The van der Waals surface area contributed by atoms with Gasteiger partial charge in [0.2, 0.25) is 0 Å². The molecule has 0 radical (unpaired) electrons. The Bertz CT molecular complexity index is 1530. The van der Waals surface area contributed by atoms with Gasteiger partial charge >= 0.3 is 0 Å². The van der Waals surface area contributed by atoms with Gasteiger partial charge in [-0.3, -0.25) is 14.5 Å². The van der Waals surface area contributed by atoms with Gasteiger partial charge in [-0.25, -0.2) is 0 Å². The predicted octanol–water partition coefficient (Wildman–Crippen LogP) is 5.43. The summed E-state index contributed by atoms with van der Waals surface area (Å²) >= 11 is 0. The molecule has 4 aliphatic rings. The summed E-state index contributed by atoms with van der Waals surface area (Å²) in [7, 11) is 0. The number of aliphatic hydroxyl groups is 1. The minimum atomic E-state index is -0.857. The quantitative estimate of drug-likeness (QED) is 0.348. The number of hydrogen-bond donors (Lipinski definition) is 3. The molecule has 3 aromatic rings. The first-order chi connectivity index (χ1) is 20.8. The van der Waals surface area contributed by atoms with Crippen LogP contribution in [0.2, 0.25) is 0 Å². The largest absolute Gasteiger partial charge is 0.507 e. The highest BCUT2D eigenvalue weighted by Crippen LogP contribution is 2.60. The summed E-state index contributed by atoms with van der Waals surface area (Å²) < 4.78 is 0. The summed E-state index contributed by atoms with van der Waals surface area (Å²) in [5, 5.41) is 26.2. The molecule has 7 rings (SSSR count). The van der Waals surface area contributed by atoms with Gasteiger partial charge in [0.15, 0.2) is 0 Å². The van der Waals surface area contributed by atoms with Crippen LogP contribution >= 0.6 is 0 Å². The second-order valence-corrected chi connectivity index (χ2v) is 13.8. The van der Waals surface area contributed by atoms with Gasteiger partial charge in [0.25, 0.3) is 5.91 Å². The molecule has 1 saturated heterocycles. The van der Waals surface area contributed by atoms with Crippen LogP contribution in [0.4, 0.5) is 0 Å². The molecule has 224 valence electrons. The summed E-state index contributed by atoms with van der Waals surface area (Å²) in [5.41, 5.74) is 4.38. The number of aliphatic hydroxyl groups excluding tert-OH is 1. The maximum atomic E-state index is 13.4. The van der Waals surface area contributed by atoms with Gasteiger partial charge in [-0.2, -0.15) is 0 Å². The standard InChI is InChI=1S/C37H42N2O4/c1-24-36(23-39(24)21-26-7-8-26)19-29-13-15-31(34(42)33(29)37(22-36)20-30(40)14-16-32(37)41)35(43)38-18-17-25-9-11-28(12-10-25)27-5-3-2-4-6-27/h2-6,9-13,15,24,26,32,41-42H,7-8,14,16-23H2,1H3,(H,38,43)/t24-,32-,36?,37+/m0/s1. The smallest absolute Gasteiger partial charge is 0.255 e. The monoisotopic (exact) mass is 578 g/mol. The fourth-order valence-electron chi connectivity index (χ4n) is 8.37. The maximum absolute atomic E-state index is 13.4. The topological polar surface area (TPSA) is 89.9 Å². The van der Waals surface area contributed by atoms with Gasteiger partial charge in [-0.1, -0.05) is 60.7 Å². The van der Waals surface area contributed by atoms with Crippen LogP contribution in [-0.4, -0.2) is 58.6 Å². The highest BCUT2D eigenvalue weighted by Gasteiger charge is 2.61. The first-order valence-corrected chi connectivity index (χ1v) is 16.0. The van der Waals surface area contributed by atoms with Crippen molar-refractivity contribution in [3.63, 3.8) is 0 Å². The van der Waals surface area contributed by atoms with E-state index in [4.69, 9.17) is 0 Å². The third-order valence-electron chi connectivity index (χ3n) is 11.0. The lowest BCUT2D eigenvalue weighted by Crippen LogP contribution is -2.69. The second-order valence-electron chi connectivity index (χ2n) is 13.8. The Labute approximate surface area is 254 Å². The minimum absolute atomic E-state index is 0.0350. The summed E-state index contributed by atoms with van der Waals surface area (Å²) in [5.74, 6) is 0.543. The number of ketones is 1. The molecule has 0 bridgehead atoms. The van der Waals surface area contributed by atoms with Gasteiger partial charge in [0.1, 0.15) is 11.5 Å². The van der Waals surface area contributed by atoms with E-state index < -0.39 is 11.5 Å². The third kappa shape index (κ3) is 5.08. The number of carbonyl (C=O) groups is 2. The normalized spacial score (nSPS) is 28.5. The molecule has 1 aliphatic heterocycles. The fourth-order valence-corrected chi connectivity index (χ4v) is 8.37. The molecule has 4 atom stereocenters. The molecule has 2 saturated carbocycles. The molecule has 0 aromatic heterocycles. The van der Waals surface area contributed by atoms with Crippen LogP contribution in [0.15, 0.2) is 66.7 Å². The molecule has 6 nitrogen and oxygen atoms in total. The average Bonchev–Trinajstić information content (AvgIpc) is 3.84. The van der Waals surface area contributed by atoms with E-state index in [2.05, 4.69) is 53.5 Å². The Morgan fingerprint density at radius 3 is 2.44 bits per heavy atom. The molecule has 3 fully saturated rings. The van der Waals surface area contributed by atoms with Crippen LogP contribution in [0.5, 0.6) is 5.75 Å². The van der Waals surface area contributed by atoms with Crippen molar-refractivity contribution in [2.75, 3.05) is 19.6 Å². The lowest BCUT2D eigenvalue weighted by atomic mass is 9.49. The number of benzene rings is 3. The van der Waals surface area contributed by atoms with Crippen molar-refractivity contribution in [3.05, 3.63) is 89.0 Å².